The number of aliphatic hydroxyl groups is 2. The van der Waals surface area contributed by atoms with Crippen LogP contribution in [0.2, 0.25) is 0 Å². The Hall–Kier alpha value is -1.76. The molecular weight excluding hydrogens is 677 g/mol. The van der Waals surface area contributed by atoms with E-state index >= 15 is 0 Å². The predicted octanol–water partition coefficient (Wildman–Crippen LogP) is 1.43. The summed E-state index contributed by atoms with van der Waals surface area (Å²) in [5.41, 5.74) is 7.58. The second-order valence-corrected chi connectivity index (χ2v) is 15.4. The first kappa shape index (κ1) is 37.7. The van der Waals surface area contributed by atoms with Crippen LogP contribution in [-0.4, -0.2) is 99.0 Å². The fraction of sp³-hybridized carbons (Fsp3) is 0.522. The number of ether oxygens (including phenoxy) is 1. The molecule has 0 bridgehead atoms. The number of hydrogen-bond donors (Lipinski definition) is 7. The molecular formula is C23H37N6O12P3S. The van der Waals surface area contributed by atoms with Crippen LogP contribution in [0.5, 0.6) is 0 Å². The zero-order chi connectivity index (χ0) is 33.6. The highest BCUT2D eigenvalue weighted by Crippen LogP contribution is 2.66. The van der Waals surface area contributed by atoms with Crippen LogP contribution in [0.1, 0.15) is 38.3 Å². The van der Waals surface area contributed by atoms with Gasteiger partial charge in [-0.05, 0) is 37.0 Å². The van der Waals surface area contributed by atoms with Crippen molar-refractivity contribution in [3.05, 3.63) is 47.9 Å². The molecule has 1 fully saturated rings. The number of aromatic nitrogens is 4. The normalized spacial score (nSPS) is 23.0. The summed E-state index contributed by atoms with van der Waals surface area (Å²) in [4.78, 5) is 47.6. The Morgan fingerprint density at radius 1 is 0.978 bits per heavy atom. The first-order chi connectivity index (χ1) is 21.0. The highest BCUT2D eigenvalue weighted by Gasteiger charge is 2.47. The van der Waals surface area contributed by atoms with Crippen LogP contribution in [-0.2, 0) is 45.2 Å². The van der Waals surface area contributed by atoms with Crippen LogP contribution >= 0.6 is 22.4 Å². The Morgan fingerprint density at radius 2 is 1.60 bits per heavy atom. The summed E-state index contributed by atoms with van der Waals surface area (Å²) >= 11 is 4.01. The minimum absolute atomic E-state index is 0.116. The van der Waals surface area contributed by atoms with E-state index < -0.39 is 53.5 Å². The maximum atomic E-state index is 12.1. The van der Waals surface area contributed by atoms with E-state index in [1.165, 1.54) is 30.6 Å². The maximum Gasteiger partial charge on any atom is 0.488 e. The molecule has 1 aliphatic rings. The number of nitrogens with zero attached hydrogens (tertiary/aromatic N) is 5. The minimum Gasteiger partial charge on any atom is -0.387 e. The van der Waals surface area contributed by atoms with Gasteiger partial charge in [0.2, 0.25) is 0 Å². The van der Waals surface area contributed by atoms with E-state index in [4.69, 9.17) is 20.3 Å². The lowest BCUT2D eigenvalue weighted by Gasteiger charge is -2.19. The number of nitrogens with two attached hydrogens (primary N) is 1. The SMILES string of the molecule is CCN(CC)CC.Nc1ncnc2c1c(Cc1ccccc1)nn2[C@@H]1O[C@H](COP(=O)(O)OP(=O)(O)OP(O)(O)=S)[C@@H](O)[C@H]1O. The lowest BCUT2D eigenvalue weighted by atomic mass is 10.1. The van der Waals surface area contributed by atoms with Gasteiger partial charge in [0, 0.05) is 6.42 Å². The zero-order valence-corrected chi connectivity index (χ0v) is 28.0. The van der Waals surface area contributed by atoms with Crippen molar-refractivity contribution in [2.24, 2.45) is 0 Å². The topological polar surface area (TPSA) is 265 Å². The molecule has 0 radical (unpaired) electrons. The Morgan fingerprint density at radius 3 is 2.16 bits per heavy atom. The van der Waals surface area contributed by atoms with Gasteiger partial charge in [0.25, 0.3) is 0 Å². The van der Waals surface area contributed by atoms with Crippen molar-refractivity contribution < 1.29 is 56.8 Å². The number of hydrogen-bond acceptors (Lipinski definition) is 14. The third kappa shape index (κ3) is 10.6. The number of rotatable bonds is 13. The van der Waals surface area contributed by atoms with Crippen molar-refractivity contribution in [3.63, 3.8) is 0 Å². The molecule has 2 unspecified atom stereocenters. The number of phosphoric acid groups is 2. The summed E-state index contributed by atoms with van der Waals surface area (Å²) in [6.07, 6.45) is -4.64. The van der Waals surface area contributed by atoms with Crippen LogP contribution in [0.4, 0.5) is 5.82 Å². The Balaban J connectivity index is 0.000000707. The van der Waals surface area contributed by atoms with E-state index in [-0.39, 0.29) is 11.5 Å². The molecule has 1 aliphatic heterocycles. The standard InChI is InChI=1S/C17H22N5O12P3S.C6H15N/c18-15-12-10(6-9-4-2-1-3-5-9)21-22(16(12)20-8-19-15)17-14(24)13(23)11(32-17)7-31-35(25,26)33-36(27,28)34-37(29,30)38;1-4-7(5-2)6-3/h1-5,8,11,13-14,17,23-24H,6-7H2,(H,25,26)(H,27,28)(H2,18,19,20)(H2,29,30,38);4-6H2,1-3H3/t11-,13-,14-,17-;/m1./s1. The largest absolute Gasteiger partial charge is 0.488 e. The van der Waals surface area contributed by atoms with Gasteiger partial charge in [-0.25, -0.2) is 28.1 Å². The molecule has 1 aromatic carbocycles. The number of anilines is 1. The van der Waals surface area contributed by atoms with Gasteiger partial charge in [-0.1, -0.05) is 51.1 Å². The maximum absolute atomic E-state index is 12.1. The highest BCUT2D eigenvalue weighted by atomic mass is 32.5. The molecule has 1 saturated heterocycles. The van der Waals surface area contributed by atoms with Crippen LogP contribution in [0, 0.1) is 0 Å². The smallest absolute Gasteiger partial charge is 0.387 e. The summed E-state index contributed by atoms with van der Waals surface area (Å²) in [6.45, 7) is 4.46. The monoisotopic (exact) mass is 714 g/mol. The Labute approximate surface area is 263 Å². The van der Waals surface area contributed by atoms with Crippen LogP contribution < -0.4 is 5.73 Å². The molecule has 4 rings (SSSR count). The second kappa shape index (κ2) is 15.9. The van der Waals surface area contributed by atoms with Crippen molar-refractivity contribution in [1.29, 1.82) is 0 Å². The van der Waals surface area contributed by atoms with Crippen LogP contribution in [0.15, 0.2) is 36.7 Å². The third-order valence-corrected chi connectivity index (χ3v) is 10.9. The number of phosphoric ester groups is 1. The molecule has 252 valence electrons. The van der Waals surface area contributed by atoms with Gasteiger partial charge in [-0.15, -0.1) is 0 Å². The number of benzene rings is 1. The van der Waals surface area contributed by atoms with E-state index in [0.717, 1.165) is 5.56 Å². The van der Waals surface area contributed by atoms with Gasteiger partial charge >= 0.3 is 22.4 Å². The van der Waals surface area contributed by atoms with Crippen LogP contribution in [0.25, 0.3) is 11.0 Å². The summed E-state index contributed by atoms with van der Waals surface area (Å²) in [5.74, 6) is 0.116. The molecule has 0 spiro atoms. The predicted molar refractivity (Wildman–Crippen MR) is 165 cm³/mol. The van der Waals surface area contributed by atoms with Crippen molar-refractivity contribution in [2.75, 3.05) is 32.0 Å². The van der Waals surface area contributed by atoms with Gasteiger partial charge in [0.1, 0.15) is 30.5 Å². The number of fused-ring (bicyclic) bond motifs is 1. The summed E-state index contributed by atoms with van der Waals surface area (Å²) < 4.78 is 42.8. The third-order valence-electron chi connectivity index (χ3n) is 6.54. The Bertz CT molecular complexity index is 1550. The van der Waals surface area contributed by atoms with Gasteiger partial charge in [0.15, 0.2) is 11.9 Å². The minimum atomic E-state index is -5.53. The molecule has 22 heteroatoms. The molecule has 45 heavy (non-hydrogen) atoms. The fourth-order valence-electron chi connectivity index (χ4n) is 4.37. The van der Waals surface area contributed by atoms with Crippen molar-refractivity contribution in [3.8, 4) is 0 Å². The first-order valence-corrected chi connectivity index (χ1v) is 19.2. The van der Waals surface area contributed by atoms with Crippen molar-refractivity contribution in [2.45, 2.75) is 51.7 Å². The molecule has 0 saturated carbocycles. The Kier molecular flexibility index (Phi) is 13.3. The summed E-state index contributed by atoms with van der Waals surface area (Å²) in [5, 5.41) is 26.0. The van der Waals surface area contributed by atoms with Gasteiger partial charge in [-0.2, -0.15) is 9.41 Å². The molecule has 0 aliphatic carbocycles. The zero-order valence-electron chi connectivity index (χ0n) is 24.5. The number of aliphatic hydroxyl groups excluding tert-OH is 2. The van der Waals surface area contributed by atoms with E-state index in [1.807, 2.05) is 30.3 Å². The van der Waals surface area contributed by atoms with Crippen molar-refractivity contribution >= 4 is 51.0 Å². The van der Waals surface area contributed by atoms with E-state index in [1.54, 1.807) is 0 Å². The van der Waals surface area contributed by atoms with E-state index in [9.17, 15) is 29.1 Å². The van der Waals surface area contributed by atoms with Gasteiger partial charge in [0.05, 0.1) is 17.7 Å². The van der Waals surface area contributed by atoms with Gasteiger partial charge in [-0.3, -0.25) is 4.52 Å². The molecule has 0 amide bonds. The first-order valence-electron chi connectivity index (χ1n) is 13.5. The molecule has 3 aromatic rings. The molecule has 6 atom stereocenters. The van der Waals surface area contributed by atoms with Crippen molar-refractivity contribution in [1.82, 2.24) is 24.6 Å². The quantitative estimate of drug-likeness (QED) is 0.123. The molecule has 18 nitrogen and oxygen atoms in total. The average molecular weight is 715 g/mol. The second-order valence-electron chi connectivity index (χ2n) is 9.56. The van der Waals surface area contributed by atoms with Gasteiger partial charge < -0.3 is 45.2 Å². The van der Waals surface area contributed by atoms with Crippen LogP contribution in [0.3, 0.4) is 0 Å². The lowest BCUT2D eigenvalue weighted by Crippen LogP contribution is -2.33. The summed E-state index contributed by atoms with van der Waals surface area (Å²) in [6, 6.07) is 9.26. The fourth-order valence-corrected chi connectivity index (χ4v) is 8.16. The molecule has 2 aromatic heterocycles. The lowest BCUT2D eigenvalue weighted by molar-refractivity contribution is -0.0559. The average Bonchev–Trinajstić information content (AvgIpc) is 3.44. The molecule has 3 heterocycles. The summed E-state index contributed by atoms with van der Waals surface area (Å²) in [7, 11) is -10.9. The molecule has 8 N–H and O–H groups in total. The number of nitrogen functional groups attached to an aromatic ring is 1. The van der Waals surface area contributed by atoms with E-state index in [2.05, 4.69) is 65.7 Å². The highest BCUT2D eigenvalue weighted by molar-refractivity contribution is 8.08. The van der Waals surface area contributed by atoms with E-state index in [0.29, 0.717) is 17.5 Å².